The molecule has 0 bridgehead atoms. The number of hydrogen-bond acceptors (Lipinski definition) is 7. The summed E-state index contributed by atoms with van der Waals surface area (Å²) in [5, 5.41) is 11.8. The van der Waals surface area contributed by atoms with Crippen LogP contribution in [-0.4, -0.2) is 37.7 Å². The SMILES string of the molecule is CCOc1ccc(N(CC(=O)Nc2nnc(-c3ccc(C)cc3)s2)S(=O)(=O)c2ccc(C)cc2)cc1. The van der Waals surface area contributed by atoms with Crippen molar-refractivity contribution >= 4 is 38.1 Å². The number of carbonyl (C=O) groups excluding carboxylic acids is 1. The average molecular weight is 523 g/mol. The second-order valence-corrected chi connectivity index (χ2v) is 10.9. The van der Waals surface area contributed by atoms with E-state index >= 15 is 0 Å². The number of benzene rings is 3. The molecule has 1 aromatic heterocycles. The molecule has 0 saturated heterocycles. The molecule has 1 N–H and O–H groups in total. The Labute approximate surface area is 214 Å². The van der Waals surface area contributed by atoms with E-state index in [1.807, 2.05) is 45.0 Å². The number of hydrogen-bond donors (Lipinski definition) is 1. The Bertz CT molecular complexity index is 1430. The van der Waals surface area contributed by atoms with Crippen molar-refractivity contribution < 1.29 is 17.9 Å². The maximum Gasteiger partial charge on any atom is 0.264 e. The number of carbonyl (C=O) groups is 1. The molecule has 0 aliphatic rings. The molecular formula is C26H26N4O4S2. The number of aryl methyl sites for hydroxylation is 2. The van der Waals surface area contributed by atoms with Crippen molar-refractivity contribution in [1.82, 2.24) is 10.2 Å². The van der Waals surface area contributed by atoms with Gasteiger partial charge in [0, 0.05) is 5.56 Å². The molecule has 8 nitrogen and oxygen atoms in total. The van der Waals surface area contributed by atoms with E-state index in [0.717, 1.165) is 21.0 Å². The molecule has 36 heavy (non-hydrogen) atoms. The highest BCUT2D eigenvalue weighted by Gasteiger charge is 2.27. The van der Waals surface area contributed by atoms with Gasteiger partial charge < -0.3 is 4.74 Å². The summed E-state index contributed by atoms with van der Waals surface area (Å²) >= 11 is 1.22. The Morgan fingerprint density at radius 2 is 1.53 bits per heavy atom. The van der Waals surface area contributed by atoms with Gasteiger partial charge in [-0.15, -0.1) is 10.2 Å². The van der Waals surface area contributed by atoms with Gasteiger partial charge in [0.2, 0.25) is 11.0 Å². The standard InChI is InChI=1S/C26H26N4O4S2/c1-4-34-22-13-11-21(12-14-22)30(36(32,33)23-15-7-19(3)8-16-23)17-24(31)27-26-29-28-25(35-26)20-9-5-18(2)6-10-20/h5-16H,4,17H2,1-3H3,(H,27,29,31). The molecule has 0 aliphatic heterocycles. The monoisotopic (exact) mass is 522 g/mol. The summed E-state index contributed by atoms with van der Waals surface area (Å²) in [5.74, 6) is 0.0713. The largest absolute Gasteiger partial charge is 0.494 e. The normalized spacial score (nSPS) is 11.2. The lowest BCUT2D eigenvalue weighted by Crippen LogP contribution is -2.38. The number of rotatable bonds is 9. The van der Waals surface area contributed by atoms with Gasteiger partial charge in [-0.2, -0.15) is 0 Å². The second-order valence-electron chi connectivity index (χ2n) is 8.08. The maximum absolute atomic E-state index is 13.5. The Morgan fingerprint density at radius 1 is 0.917 bits per heavy atom. The lowest BCUT2D eigenvalue weighted by molar-refractivity contribution is -0.114. The minimum absolute atomic E-state index is 0.0901. The van der Waals surface area contributed by atoms with Gasteiger partial charge in [0.25, 0.3) is 10.0 Å². The molecule has 0 atom stereocenters. The molecule has 0 spiro atoms. The summed E-state index contributed by atoms with van der Waals surface area (Å²) in [7, 11) is -4.03. The van der Waals surface area contributed by atoms with Crippen molar-refractivity contribution in [3.05, 3.63) is 83.9 Å². The van der Waals surface area contributed by atoms with E-state index in [-0.39, 0.29) is 10.0 Å². The van der Waals surface area contributed by atoms with E-state index in [2.05, 4.69) is 15.5 Å². The first-order valence-electron chi connectivity index (χ1n) is 11.3. The summed E-state index contributed by atoms with van der Waals surface area (Å²) in [6.07, 6.45) is 0. The number of anilines is 2. The van der Waals surface area contributed by atoms with Gasteiger partial charge in [0.05, 0.1) is 17.2 Å². The van der Waals surface area contributed by atoms with E-state index in [0.29, 0.717) is 23.1 Å². The second kappa shape index (κ2) is 10.9. The van der Waals surface area contributed by atoms with Crippen LogP contribution < -0.4 is 14.4 Å². The Hall–Kier alpha value is -3.76. The summed E-state index contributed by atoms with van der Waals surface area (Å²) in [6.45, 7) is 5.78. The highest BCUT2D eigenvalue weighted by molar-refractivity contribution is 7.92. The first kappa shape index (κ1) is 25.3. The first-order chi connectivity index (χ1) is 17.3. The third-order valence-corrected chi connectivity index (χ3v) is 7.98. The van der Waals surface area contributed by atoms with Gasteiger partial charge in [0.1, 0.15) is 17.3 Å². The summed E-state index contributed by atoms with van der Waals surface area (Å²) < 4.78 is 33.6. The van der Waals surface area contributed by atoms with Crippen LogP contribution in [0.25, 0.3) is 10.6 Å². The van der Waals surface area contributed by atoms with Gasteiger partial charge >= 0.3 is 0 Å². The molecule has 186 valence electrons. The van der Waals surface area contributed by atoms with E-state index in [1.165, 1.54) is 23.5 Å². The van der Waals surface area contributed by atoms with Crippen LogP contribution in [0.1, 0.15) is 18.1 Å². The van der Waals surface area contributed by atoms with Crippen molar-refractivity contribution in [1.29, 1.82) is 0 Å². The average Bonchev–Trinajstić information content (AvgIpc) is 3.32. The third-order valence-electron chi connectivity index (χ3n) is 5.30. The fourth-order valence-electron chi connectivity index (χ4n) is 3.40. The fourth-order valence-corrected chi connectivity index (χ4v) is 5.59. The van der Waals surface area contributed by atoms with E-state index < -0.39 is 22.5 Å². The van der Waals surface area contributed by atoms with Crippen molar-refractivity contribution in [3.63, 3.8) is 0 Å². The van der Waals surface area contributed by atoms with Crippen molar-refractivity contribution in [2.24, 2.45) is 0 Å². The minimum Gasteiger partial charge on any atom is -0.494 e. The number of aromatic nitrogens is 2. The minimum atomic E-state index is -4.03. The number of sulfonamides is 1. The molecule has 4 aromatic rings. The van der Waals surface area contributed by atoms with Crippen LogP contribution in [0.2, 0.25) is 0 Å². The first-order valence-corrected chi connectivity index (χ1v) is 13.5. The van der Waals surface area contributed by atoms with Gasteiger partial charge in [-0.05, 0) is 57.2 Å². The highest BCUT2D eigenvalue weighted by atomic mass is 32.2. The maximum atomic E-state index is 13.5. The van der Waals surface area contributed by atoms with Crippen LogP contribution in [-0.2, 0) is 14.8 Å². The molecule has 1 amide bonds. The van der Waals surface area contributed by atoms with Gasteiger partial charge in [-0.1, -0.05) is 58.9 Å². The van der Waals surface area contributed by atoms with E-state index in [4.69, 9.17) is 4.74 Å². The van der Waals surface area contributed by atoms with E-state index in [1.54, 1.807) is 36.4 Å². The van der Waals surface area contributed by atoms with Crippen LogP contribution in [0.4, 0.5) is 10.8 Å². The predicted molar refractivity (Wildman–Crippen MR) is 142 cm³/mol. The Morgan fingerprint density at radius 3 is 2.14 bits per heavy atom. The van der Waals surface area contributed by atoms with Crippen molar-refractivity contribution in [3.8, 4) is 16.3 Å². The topological polar surface area (TPSA) is 101 Å². The molecule has 3 aromatic carbocycles. The van der Waals surface area contributed by atoms with Crippen LogP contribution >= 0.6 is 11.3 Å². The smallest absolute Gasteiger partial charge is 0.264 e. The highest BCUT2D eigenvalue weighted by Crippen LogP contribution is 2.28. The summed E-state index contributed by atoms with van der Waals surface area (Å²) in [6, 6.07) is 20.9. The molecule has 0 aliphatic carbocycles. The van der Waals surface area contributed by atoms with Crippen LogP contribution in [0.5, 0.6) is 5.75 Å². The lowest BCUT2D eigenvalue weighted by atomic mass is 10.2. The van der Waals surface area contributed by atoms with Gasteiger partial charge in [-0.25, -0.2) is 8.42 Å². The zero-order valence-electron chi connectivity index (χ0n) is 20.1. The quantitative estimate of drug-likeness (QED) is 0.330. The van der Waals surface area contributed by atoms with Crippen LogP contribution in [0.15, 0.2) is 77.7 Å². The fraction of sp³-hybridized carbons (Fsp3) is 0.192. The van der Waals surface area contributed by atoms with Crippen molar-refractivity contribution in [2.75, 3.05) is 22.8 Å². The molecule has 0 saturated carbocycles. The van der Waals surface area contributed by atoms with Crippen LogP contribution in [0.3, 0.4) is 0 Å². The lowest BCUT2D eigenvalue weighted by Gasteiger charge is -2.24. The van der Waals surface area contributed by atoms with Gasteiger partial charge in [0.15, 0.2) is 0 Å². The molecule has 0 fully saturated rings. The molecule has 0 unspecified atom stereocenters. The van der Waals surface area contributed by atoms with Crippen molar-refractivity contribution in [2.45, 2.75) is 25.7 Å². The predicted octanol–water partition coefficient (Wildman–Crippen LogP) is 5.05. The summed E-state index contributed by atoms with van der Waals surface area (Å²) in [4.78, 5) is 13.1. The Kier molecular flexibility index (Phi) is 7.66. The third kappa shape index (κ3) is 5.89. The molecule has 1 heterocycles. The van der Waals surface area contributed by atoms with Gasteiger partial charge in [-0.3, -0.25) is 14.4 Å². The number of amides is 1. The molecular weight excluding hydrogens is 496 g/mol. The molecule has 4 rings (SSSR count). The number of nitrogens with zero attached hydrogens (tertiary/aromatic N) is 3. The molecule has 0 radical (unpaired) electrons. The Balaban J connectivity index is 1.58. The number of nitrogens with one attached hydrogen (secondary N) is 1. The molecule has 10 heteroatoms. The van der Waals surface area contributed by atoms with E-state index in [9.17, 15) is 13.2 Å². The summed E-state index contributed by atoms with van der Waals surface area (Å²) in [5.41, 5.74) is 3.28. The number of ether oxygens (including phenoxy) is 1. The zero-order valence-corrected chi connectivity index (χ0v) is 21.8. The van der Waals surface area contributed by atoms with Crippen LogP contribution in [0, 0.1) is 13.8 Å². The zero-order chi connectivity index (χ0) is 25.7.